The highest BCUT2D eigenvalue weighted by Crippen LogP contribution is 2.23. The van der Waals surface area contributed by atoms with E-state index in [9.17, 15) is 14.4 Å². The maximum absolute atomic E-state index is 14.1. The molecule has 0 saturated carbocycles. The average Bonchev–Trinajstić information content (AvgIpc) is 3.55. The largest absolute Gasteiger partial charge is 0.464 e. The number of nitrogens with zero attached hydrogens (tertiary/aromatic N) is 2. The van der Waals surface area contributed by atoms with Gasteiger partial charge in [0.1, 0.15) is 12.1 Å². The molecule has 6 rings (SSSR count). The van der Waals surface area contributed by atoms with Crippen molar-refractivity contribution in [3.8, 4) is 0 Å². The molecule has 0 radical (unpaired) electrons. The Morgan fingerprint density at radius 2 is 1.65 bits per heavy atom. The molecule has 4 aromatic carbocycles. The fraction of sp³-hybridized carbons (Fsp3) is 0.250. The van der Waals surface area contributed by atoms with Crippen molar-refractivity contribution in [1.82, 2.24) is 9.80 Å². The molecule has 1 fully saturated rings. The molecule has 7 heteroatoms. The molecule has 1 aliphatic rings. The number of benzene rings is 4. The Morgan fingerprint density at radius 1 is 0.860 bits per heavy atom. The van der Waals surface area contributed by atoms with Crippen LogP contribution in [0.15, 0.2) is 106 Å². The maximum atomic E-state index is 14.1. The van der Waals surface area contributed by atoms with Crippen LogP contribution in [0.2, 0.25) is 0 Å². The first-order valence-corrected chi connectivity index (χ1v) is 14.7. The van der Waals surface area contributed by atoms with Gasteiger partial charge < -0.3 is 19.0 Å². The lowest BCUT2D eigenvalue weighted by Gasteiger charge is -2.29. The monoisotopic (exact) mass is 574 g/mol. The molecule has 43 heavy (non-hydrogen) atoms. The molecule has 1 atom stereocenters. The van der Waals surface area contributed by atoms with Crippen molar-refractivity contribution in [3.05, 3.63) is 130 Å². The Bertz CT molecular complexity index is 1820. The molecule has 1 aliphatic heterocycles. The average molecular weight is 575 g/mol. The zero-order valence-electron chi connectivity index (χ0n) is 24.2. The van der Waals surface area contributed by atoms with Crippen LogP contribution in [0, 0.1) is 6.92 Å². The number of carbonyl (C=O) groups is 2. The molecule has 2 heterocycles. The van der Waals surface area contributed by atoms with E-state index >= 15 is 0 Å². The van der Waals surface area contributed by atoms with Crippen LogP contribution < -0.4 is 5.43 Å². The second-order valence-corrected chi connectivity index (χ2v) is 11.2. The fourth-order valence-electron chi connectivity index (χ4n) is 5.73. The van der Waals surface area contributed by atoms with Crippen molar-refractivity contribution in [1.29, 1.82) is 0 Å². The number of carbonyl (C=O) groups excluding carboxylic acids is 2. The van der Waals surface area contributed by atoms with E-state index in [-0.39, 0.29) is 43.0 Å². The number of hydrogen-bond donors (Lipinski definition) is 0. The minimum Gasteiger partial charge on any atom is -0.464 e. The Labute approximate surface area is 250 Å². The van der Waals surface area contributed by atoms with Gasteiger partial charge in [-0.1, -0.05) is 78.4 Å². The maximum Gasteiger partial charge on any atom is 0.255 e. The molecule has 7 nitrogen and oxygen atoms in total. The predicted octanol–water partition coefficient (Wildman–Crippen LogP) is 6.10. The minimum atomic E-state index is -0.265. The normalized spacial score (nSPS) is 14.7. The van der Waals surface area contributed by atoms with Crippen LogP contribution in [0.5, 0.6) is 0 Å². The summed E-state index contributed by atoms with van der Waals surface area (Å²) in [5.41, 5.74) is 3.13. The summed E-state index contributed by atoms with van der Waals surface area (Å²) in [6.07, 6.45) is 3.06. The molecule has 218 valence electrons. The van der Waals surface area contributed by atoms with E-state index in [1.54, 1.807) is 21.9 Å². The van der Waals surface area contributed by atoms with Crippen molar-refractivity contribution in [3.63, 3.8) is 0 Å². The zero-order chi connectivity index (χ0) is 29.8. The van der Waals surface area contributed by atoms with Crippen molar-refractivity contribution in [2.45, 2.75) is 39.0 Å². The van der Waals surface area contributed by atoms with Crippen LogP contribution >= 0.6 is 0 Å². The van der Waals surface area contributed by atoms with Gasteiger partial charge in [0, 0.05) is 25.3 Å². The molecule has 2 amide bonds. The molecule has 0 N–H and O–H groups in total. The number of aryl methyl sites for hydroxylation is 1. The molecular formula is C36H34N2O5. The number of ether oxygens (including phenoxy) is 1. The summed E-state index contributed by atoms with van der Waals surface area (Å²) in [4.78, 5) is 44.9. The lowest BCUT2D eigenvalue weighted by atomic mass is 10.0. The summed E-state index contributed by atoms with van der Waals surface area (Å²) in [7, 11) is 0. The molecule has 0 aliphatic carbocycles. The smallest absolute Gasteiger partial charge is 0.255 e. The summed E-state index contributed by atoms with van der Waals surface area (Å²) in [6, 6.07) is 28.5. The zero-order valence-corrected chi connectivity index (χ0v) is 24.2. The number of hydrogen-bond acceptors (Lipinski definition) is 5. The summed E-state index contributed by atoms with van der Waals surface area (Å²) in [5, 5.41) is 2.28. The Morgan fingerprint density at radius 3 is 2.47 bits per heavy atom. The van der Waals surface area contributed by atoms with Gasteiger partial charge in [0.15, 0.2) is 5.43 Å². The standard InChI is InChI=1S/C36H34N2O5/c1-25-16-17-33-32(19-25)35(40)28(24-43-33)21-37(20-26-9-3-2-4-10-26)34(39)23-38(22-29-13-8-18-42-29)36(41)31-15-7-12-27-11-5-6-14-30(27)31/h2-7,9-12,14-17,19,24,29H,8,13,18,20-23H2,1H3/t29-/m0/s1. The first kappa shape index (κ1) is 28.4. The van der Waals surface area contributed by atoms with Gasteiger partial charge in [0.25, 0.3) is 5.91 Å². The first-order valence-electron chi connectivity index (χ1n) is 14.7. The van der Waals surface area contributed by atoms with Crippen molar-refractivity contribution in [2.75, 3.05) is 19.7 Å². The summed E-state index contributed by atoms with van der Waals surface area (Å²) in [6.45, 7) is 3.06. The lowest BCUT2D eigenvalue weighted by Crippen LogP contribution is -2.45. The van der Waals surface area contributed by atoms with Gasteiger partial charge in [-0.15, -0.1) is 0 Å². The van der Waals surface area contributed by atoms with E-state index in [4.69, 9.17) is 9.15 Å². The third-order valence-corrected chi connectivity index (χ3v) is 8.01. The molecule has 1 saturated heterocycles. The molecular weight excluding hydrogens is 540 g/mol. The number of fused-ring (bicyclic) bond motifs is 2. The summed E-state index contributed by atoms with van der Waals surface area (Å²) in [5.74, 6) is -0.486. The first-order chi connectivity index (χ1) is 21.0. The summed E-state index contributed by atoms with van der Waals surface area (Å²) < 4.78 is 11.7. The number of rotatable bonds is 9. The molecule has 1 aromatic heterocycles. The quantitative estimate of drug-likeness (QED) is 0.212. The van der Waals surface area contributed by atoms with E-state index in [0.717, 1.165) is 34.7 Å². The molecule has 0 bridgehead atoms. The molecule has 0 unspecified atom stereocenters. The van der Waals surface area contributed by atoms with E-state index in [1.165, 1.54) is 6.26 Å². The van der Waals surface area contributed by atoms with Crippen molar-refractivity contribution < 1.29 is 18.7 Å². The highest BCUT2D eigenvalue weighted by Gasteiger charge is 2.28. The minimum absolute atomic E-state index is 0.0518. The van der Waals surface area contributed by atoms with Gasteiger partial charge in [0.05, 0.1) is 29.9 Å². The van der Waals surface area contributed by atoms with Gasteiger partial charge in [0.2, 0.25) is 5.91 Å². The van der Waals surface area contributed by atoms with Crippen LogP contribution in [0.4, 0.5) is 0 Å². The molecule has 5 aromatic rings. The van der Waals surface area contributed by atoms with E-state index in [0.29, 0.717) is 35.2 Å². The fourth-order valence-corrected chi connectivity index (χ4v) is 5.73. The highest BCUT2D eigenvalue weighted by atomic mass is 16.5. The van der Waals surface area contributed by atoms with Gasteiger partial charge >= 0.3 is 0 Å². The van der Waals surface area contributed by atoms with E-state index in [2.05, 4.69) is 0 Å². The van der Waals surface area contributed by atoms with Gasteiger partial charge in [-0.3, -0.25) is 14.4 Å². The van der Waals surface area contributed by atoms with Crippen LogP contribution in [-0.2, 0) is 22.6 Å². The van der Waals surface area contributed by atoms with Crippen LogP contribution in [0.1, 0.15) is 39.9 Å². The van der Waals surface area contributed by atoms with Gasteiger partial charge in [-0.25, -0.2) is 0 Å². The van der Waals surface area contributed by atoms with Crippen LogP contribution in [0.3, 0.4) is 0 Å². The number of amides is 2. The van der Waals surface area contributed by atoms with Crippen LogP contribution in [-0.4, -0.2) is 47.4 Å². The SMILES string of the molecule is Cc1ccc2occ(CN(Cc3ccccc3)C(=O)CN(C[C@@H]3CCCO3)C(=O)c3cccc4ccccc34)c(=O)c2c1. The van der Waals surface area contributed by atoms with Crippen LogP contribution in [0.25, 0.3) is 21.7 Å². The third kappa shape index (κ3) is 6.37. The van der Waals surface area contributed by atoms with E-state index < -0.39 is 0 Å². The Hall–Kier alpha value is -4.75. The predicted molar refractivity (Wildman–Crippen MR) is 167 cm³/mol. The van der Waals surface area contributed by atoms with Crippen molar-refractivity contribution in [2.24, 2.45) is 0 Å². The molecule has 0 spiro atoms. The Kier molecular flexibility index (Phi) is 8.34. The van der Waals surface area contributed by atoms with Crippen molar-refractivity contribution >= 4 is 33.6 Å². The highest BCUT2D eigenvalue weighted by molar-refractivity contribution is 6.07. The second kappa shape index (κ2) is 12.6. The lowest BCUT2D eigenvalue weighted by molar-refractivity contribution is -0.133. The summed E-state index contributed by atoms with van der Waals surface area (Å²) >= 11 is 0. The topological polar surface area (TPSA) is 80.1 Å². The Balaban J connectivity index is 1.33. The van der Waals surface area contributed by atoms with E-state index in [1.807, 2.05) is 85.8 Å². The van der Waals surface area contributed by atoms with Gasteiger partial charge in [-0.05, 0) is 54.3 Å². The second-order valence-electron chi connectivity index (χ2n) is 11.2. The third-order valence-electron chi connectivity index (χ3n) is 8.01. The van der Waals surface area contributed by atoms with Gasteiger partial charge in [-0.2, -0.15) is 0 Å².